The molecule has 1 heterocycles. The summed E-state index contributed by atoms with van der Waals surface area (Å²) < 4.78 is 1.43. The first-order valence-electron chi connectivity index (χ1n) is 4.36. The highest BCUT2D eigenvalue weighted by molar-refractivity contribution is 5.86. The molecule has 0 radical (unpaired) electrons. The zero-order valence-corrected chi connectivity index (χ0v) is 8.06. The van der Waals surface area contributed by atoms with Gasteiger partial charge >= 0.3 is 0 Å². The lowest BCUT2D eigenvalue weighted by Gasteiger charge is -2.05. The van der Waals surface area contributed by atoms with Gasteiger partial charge in [0.2, 0.25) is 0 Å². The average molecular weight is 200 g/mol. The molecule has 0 amide bonds. The number of hydrogen-bond donors (Lipinski definition) is 1. The quantitative estimate of drug-likeness (QED) is 0.692. The third-order valence-corrected chi connectivity index (χ3v) is 2.35. The Hall–Kier alpha value is -2.28. The Kier molecular flexibility index (Phi) is 1.94. The number of benzene rings is 1. The summed E-state index contributed by atoms with van der Waals surface area (Å²) in [6.07, 6.45) is 0. The normalized spacial score (nSPS) is 10.1. The van der Waals surface area contributed by atoms with E-state index in [1.54, 1.807) is 25.2 Å². The highest BCUT2D eigenvalue weighted by Crippen LogP contribution is 2.22. The van der Waals surface area contributed by atoms with Gasteiger partial charge in [-0.2, -0.15) is 5.26 Å². The van der Waals surface area contributed by atoms with Gasteiger partial charge in [0, 0.05) is 18.5 Å². The van der Waals surface area contributed by atoms with Crippen LogP contribution in [0.2, 0.25) is 0 Å². The van der Waals surface area contributed by atoms with E-state index in [4.69, 9.17) is 5.26 Å². The van der Waals surface area contributed by atoms with Crippen molar-refractivity contribution < 1.29 is 5.11 Å². The molecule has 4 nitrogen and oxygen atoms in total. The number of nitrogens with zero attached hydrogens (tertiary/aromatic N) is 2. The van der Waals surface area contributed by atoms with E-state index in [2.05, 4.69) is 0 Å². The first-order valence-corrected chi connectivity index (χ1v) is 4.36. The molecule has 0 spiro atoms. The van der Waals surface area contributed by atoms with Crippen molar-refractivity contribution in [2.75, 3.05) is 0 Å². The van der Waals surface area contributed by atoms with Gasteiger partial charge in [-0.25, -0.2) is 0 Å². The van der Waals surface area contributed by atoms with Gasteiger partial charge in [-0.1, -0.05) is 0 Å². The van der Waals surface area contributed by atoms with E-state index in [1.807, 2.05) is 6.07 Å². The van der Waals surface area contributed by atoms with Crippen LogP contribution in [-0.2, 0) is 7.05 Å². The van der Waals surface area contributed by atoms with Crippen LogP contribution >= 0.6 is 0 Å². The number of nitriles is 1. The van der Waals surface area contributed by atoms with Crippen LogP contribution in [0.5, 0.6) is 5.75 Å². The van der Waals surface area contributed by atoms with Gasteiger partial charge in [-0.05, 0) is 18.2 Å². The van der Waals surface area contributed by atoms with Crippen molar-refractivity contribution in [3.63, 3.8) is 0 Å². The highest BCUT2D eigenvalue weighted by atomic mass is 16.3. The van der Waals surface area contributed by atoms with Gasteiger partial charge < -0.3 is 9.67 Å². The summed E-state index contributed by atoms with van der Waals surface area (Å²) in [5, 5.41) is 18.8. The number of hydrogen-bond acceptors (Lipinski definition) is 3. The second kappa shape index (κ2) is 3.14. The topological polar surface area (TPSA) is 66.0 Å². The number of rotatable bonds is 0. The Morgan fingerprint density at radius 2 is 2.13 bits per heavy atom. The first kappa shape index (κ1) is 9.28. The van der Waals surface area contributed by atoms with E-state index >= 15 is 0 Å². The molecular formula is C11H8N2O2. The Morgan fingerprint density at radius 3 is 2.80 bits per heavy atom. The second-order valence-corrected chi connectivity index (χ2v) is 3.27. The maximum atomic E-state index is 11.3. The van der Waals surface area contributed by atoms with Crippen molar-refractivity contribution in [3.05, 3.63) is 40.2 Å². The van der Waals surface area contributed by atoms with Gasteiger partial charge in [0.05, 0.1) is 17.1 Å². The maximum Gasteiger partial charge on any atom is 0.254 e. The third-order valence-electron chi connectivity index (χ3n) is 2.35. The summed E-state index contributed by atoms with van der Waals surface area (Å²) >= 11 is 0. The molecule has 74 valence electrons. The molecule has 0 bridgehead atoms. The average Bonchev–Trinajstić information content (AvgIpc) is 2.25. The predicted octanol–water partition coefficient (Wildman–Crippen LogP) is 1.12. The molecule has 0 atom stereocenters. The van der Waals surface area contributed by atoms with E-state index in [-0.39, 0.29) is 11.3 Å². The minimum Gasteiger partial charge on any atom is -0.507 e. The molecule has 0 saturated carbocycles. The van der Waals surface area contributed by atoms with Crippen molar-refractivity contribution in [3.8, 4) is 11.8 Å². The fourth-order valence-corrected chi connectivity index (χ4v) is 1.51. The van der Waals surface area contributed by atoms with Crippen molar-refractivity contribution in [2.24, 2.45) is 7.05 Å². The Bertz CT molecular complexity index is 635. The summed E-state index contributed by atoms with van der Waals surface area (Å²) in [6, 6.07) is 7.94. The minimum absolute atomic E-state index is 0.0924. The van der Waals surface area contributed by atoms with Gasteiger partial charge in [-0.15, -0.1) is 0 Å². The number of aromatic nitrogens is 1. The summed E-state index contributed by atoms with van der Waals surface area (Å²) in [6.45, 7) is 0. The molecule has 2 rings (SSSR count). The van der Waals surface area contributed by atoms with Crippen molar-refractivity contribution >= 4 is 10.9 Å². The lowest BCUT2D eigenvalue weighted by Crippen LogP contribution is -2.15. The molecule has 0 aliphatic carbocycles. The molecule has 0 fully saturated rings. The van der Waals surface area contributed by atoms with Crippen molar-refractivity contribution in [2.45, 2.75) is 0 Å². The summed E-state index contributed by atoms with van der Waals surface area (Å²) in [5.41, 5.74) is 0.792. The minimum atomic E-state index is -0.273. The zero-order chi connectivity index (χ0) is 11.0. The first-order chi connectivity index (χ1) is 7.13. The van der Waals surface area contributed by atoms with E-state index in [9.17, 15) is 9.90 Å². The molecule has 1 N–H and O–H groups in total. The van der Waals surface area contributed by atoms with Crippen molar-refractivity contribution in [1.29, 1.82) is 5.26 Å². The summed E-state index contributed by atoms with van der Waals surface area (Å²) in [4.78, 5) is 11.3. The van der Waals surface area contributed by atoms with Crippen LogP contribution in [0, 0.1) is 11.3 Å². The number of aryl methyl sites for hydroxylation is 1. The Balaban J connectivity index is 2.98. The molecule has 2 aromatic rings. The fourth-order valence-electron chi connectivity index (χ4n) is 1.51. The number of fused-ring (bicyclic) bond motifs is 1. The standard InChI is InChI=1S/C11H8N2O2/c1-13-9-3-2-7(6-12)4-8(9)10(14)5-11(13)15/h2-5,14H,1H3. The summed E-state index contributed by atoms with van der Waals surface area (Å²) in [7, 11) is 1.62. The Labute approximate surface area is 85.6 Å². The van der Waals surface area contributed by atoms with E-state index in [1.165, 1.54) is 4.57 Å². The van der Waals surface area contributed by atoms with E-state index < -0.39 is 0 Å². The molecule has 4 heteroatoms. The molecule has 0 saturated heterocycles. The van der Waals surface area contributed by atoms with Gasteiger partial charge in [0.15, 0.2) is 0 Å². The zero-order valence-electron chi connectivity index (χ0n) is 8.06. The molecule has 15 heavy (non-hydrogen) atoms. The highest BCUT2D eigenvalue weighted by Gasteiger charge is 2.05. The maximum absolute atomic E-state index is 11.3. The molecular weight excluding hydrogens is 192 g/mol. The van der Waals surface area contributed by atoms with Crippen LogP contribution < -0.4 is 5.56 Å². The van der Waals surface area contributed by atoms with Crippen LogP contribution in [0.4, 0.5) is 0 Å². The van der Waals surface area contributed by atoms with E-state index in [0.717, 1.165) is 6.07 Å². The SMILES string of the molecule is Cn1c(=O)cc(O)c2cc(C#N)ccc21. The van der Waals surface area contributed by atoms with E-state index in [0.29, 0.717) is 16.5 Å². The van der Waals surface area contributed by atoms with Crippen LogP contribution in [0.15, 0.2) is 29.1 Å². The van der Waals surface area contributed by atoms with Crippen LogP contribution in [0.25, 0.3) is 10.9 Å². The molecule has 0 aliphatic rings. The predicted molar refractivity (Wildman–Crippen MR) is 55.6 cm³/mol. The smallest absolute Gasteiger partial charge is 0.254 e. The van der Waals surface area contributed by atoms with Crippen LogP contribution in [0.1, 0.15) is 5.56 Å². The summed E-state index contributed by atoms with van der Waals surface area (Å²) in [5.74, 6) is -0.0924. The van der Waals surface area contributed by atoms with Gasteiger partial charge in [-0.3, -0.25) is 4.79 Å². The van der Waals surface area contributed by atoms with Gasteiger partial charge in [0.1, 0.15) is 5.75 Å². The number of aromatic hydroxyl groups is 1. The second-order valence-electron chi connectivity index (χ2n) is 3.27. The lowest BCUT2D eigenvalue weighted by molar-refractivity contribution is 0.479. The van der Waals surface area contributed by atoms with Crippen molar-refractivity contribution in [1.82, 2.24) is 4.57 Å². The number of pyridine rings is 1. The third kappa shape index (κ3) is 1.34. The molecule has 1 aromatic heterocycles. The molecule has 0 unspecified atom stereocenters. The fraction of sp³-hybridized carbons (Fsp3) is 0.0909. The monoisotopic (exact) mass is 200 g/mol. The lowest BCUT2D eigenvalue weighted by atomic mass is 10.1. The molecule has 0 aliphatic heterocycles. The van der Waals surface area contributed by atoms with Gasteiger partial charge in [0.25, 0.3) is 5.56 Å². The van der Waals surface area contributed by atoms with Crippen LogP contribution in [0.3, 0.4) is 0 Å². The molecule has 1 aromatic carbocycles. The van der Waals surface area contributed by atoms with Crippen LogP contribution in [-0.4, -0.2) is 9.67 Å². The largest absolute Gasteiger partial charge is 0.507 e. The Morgan fingerprint density at radius 1 is 1.40 bits per heavy atom.